The zero-order valence-electron chi connectivity index (χ0n) is 14.9. The molecule has 1 aliphatic heterocycles. The van der Waals surface area contributed by atoms with E-state index in [-0.39, 0.29) is 6.54 Å². The van der Waals surface area contributed by atoms with Crippen LogP contribution in [0.3, 0.4) is 0 Å². The van der Waals surface area contributed by atoms with Crippen LogP contribution >= 0.6 is 11.8 Å². The van der Waals surface area contributed by atoms with E-state index in [1.165, 1.54) is 7.11 Å². The van der Waals surface area contributed by atoms with Crippen molar-refractivity contribution in [1.29, 1.82) is 0 Å². The number of benzene rings is 2. The Bertz CT molecular complexity index is 922. The number of anilines is 1. The average molecular weight is 382 g/mol. The van der Waals surface area contributed by atoms with E-state index in [1.54, 1.807) is 30.3 Å². The van der Waals surface area contributed by atoms with E-state index >= 15 is 0 Å². The molecule has 0 saturated carbocycles. The van der Waals surface area contributed by atoms with Gasteiger partial charge in [-0.3, -0.25) is 19.3 Å². The molecular formula is C20H18N2O4S. The molecule has 0 unspecified atom stereocenters. The van der Waals surface area contributed by atoms with Gasteiger partial charge < -0.3 is 10.1 Å². The maximum Gasteiger partial charge on any atom is 0.294 e. The van der Waals surface area contributed by atoms with Crippen LogP contribution < -0.4 is 10.1 Å². The monoisotopic (exact) mass is 382 g/mol. The summed E-state index contributed by atoms with van der Waals surface area (Å²) in [4.78, 5) is 38.2. The molecule has 27 heavy (non-hydrogen) atoms. The molecule has 1 heterocycles. The van der Waals surface area contributed by atoms with Crippen LogP contribution in [0, 0.1) is 6.92 Å². The van der Waals surface area contributed by atoms with E-state index in [0.29, 0.717) is 16.3 Å². The first-order valence-corrected chi connectivity index (χ1v) is 9.04. The summed E-state index contributed by atoms with van der Waals surface area (Å²) < 4.78 is 5.17. The molecule has 2 aromatic rings. The van der Waals surface area contributed by atoms with Gasteiger partial charge in [0.25, 0.3) is 11.1 Å². The number of imide groups is 1. The van der Waals surface area contributed by atoms with Crippen LogP contribution in [0.1, 0.15) is 11.1 Å². The highest BCUT2D eigenvalue weighted by Gasteiger charge is 2.36. The zero-order chi connectivity index (χ0) is 19.4. The molecule has 138 valence electrons. The molecule has 1 fully saturated rings. The highest BCUT2D eigenvalue weighted by molar-refractivity contribution is 8.18. The van der Waals surface area contributed by atoms with Crippen molar-refractivity contribution in [3.63, 3.8) is 0 Å². The number of methoxy groups -OCH3 is 1. The number of rotatable bonds is 5. The summed E-state index contributed by atoms with van der Waals surface area (Å²) in [7, 11) is 1.50. The number of carbonyl (C=O) groups is 3. The maximum atomic E-state index is 12.5. The normalized spacial score (nSPS) is 15.3. The SMILES string of the molecule is COc1ccccc1NC(=O)CN1C(=O)S/C(=C\c2ccc(C)cc2)C1=O. The summed E-state index contributed by atoms with van der Waals surface area (Å²) in [5, 5.41) is 2.20. The van der Waals surface area contributed by atoms with Crippen molar-refractivity contribution in [2.45, 2.75) is 6.92 Å². The minimum absolute atomic E-state index is 0.300. The molecule has 2 aromatic carbocycles. The molecule has 6 nitrogen and oxygen atoms in total. The van der Waals surface area contributed by atoms with Crippen molar-refractivity contribution < 1.29 is 19.1 Å². The molecule has 0 radical (unpaired) electrons. The Morgan fingerprint density at radius 2 is 1.85 bits per heavy atom. The largest absolute Gasteiger partial charge is 0.495 e. The standard InChI is InChI=1S/C20H18N2O4S/c1-13-7-9-14(10-8-13)11-17-19(24)22(20(25)27-17)12-18(23)21-15-5-3-4-6-16(15)26-2/h3-11H,12H2,1-2H3,(H,21,23)/b17-11-. The lowest BCUT2D eigenvalue weighted by Gasteiger charge is -2.14. The molecule has 0 atom stereocenters. The van der Waals surface area contributed by atoms with Crippen molar-refractivity contribution in [2.24, 2.45) is 0 Å². The number of ether oxygens (including phenoxy) is 1. The highest BCUT2D eigenvalue weighted by Crippen LogP contribution is 2.32. The number of nitrogens with zero attached hydrogens (tertiary/aromatic N) is 1. The number of hydrogen-bond donors (Lipinski definition) is 1. The first-order chi connectivity index (χ1) is 13.0. The minimum Gasteiger partial charge on any atom is -0.495 e. The van der Waals surface area contributed by atoms with Crippen molar-refractivity contribution in [3.8, 4) is 5.75 Å². The van der Waals surface area contributed by atoms with Crippen molar-refractivity contribution >= 4 is 40.6 Å². The van der Waals surface area contributed by atoms with Crippen LogP contribution in [0.2, 0.25) is 0 Å². The summed E-state index contributed by atoms with van der Waals surface area (Å²) in [5.74, 6) is -0.446. The quantitative estimate of drug-likeness (QED) is 0.799. The summed E-state index contributed by atoms with van der Waals surface area (Å²) in [6.45, 7) is 1.62. The van der Waals surface area contributed by atoms with Crippen LogP contribution in [-0.4, -0.2) is 35.6 Å². The van der Waals surface area contributed by atoms with Crippen LogP contribution in [-0.2, 0) is 9.59 Å². The molecule has 0 bridgehead atoms. The second-order valence-corrected chi connectivity index (χ2v) is 6.92. The Morgan fingerprint density at radius 1 is 1.15 bits per heavy atom. The van der Waals surface area contributed by atoms with Crippen molar-refractivity contribution in [3.05, 3.63) is 64.6 Å². The fourth-order valence-corrected chi connectivity index (χ4v) is 3.37. The lowest BCUT2D eigenvalue weighted by Crippen LogP contribution is -2.36. The lowest BCUT2D eigenvalue weighted by molar-refractivity contribution is -0.127. The topological polar surface area (TPSA) is 75.7 Å². The number of amides is 3. The minimum atomic E-state index is -0.474. The molecule has 3 rings (SSSR count). The van der Waals surface area contributed by atoms with Gasteiger partial charge in [0.2, 0.25) is 5.91 Å². The van der Waals surface area contributed by atoms with Gasteiger partial charge in [-0.15, -0.1) is 0 Å². The second-order valence-electron chi connectivity index (χ2n) is 5.93. The molecule has 7 heteroatoms. The van der Waals surface area contributed by atoms with E-state index < -0.39 is 17.1 Å². The van der Waals surface area contributed by atoms with Gasteiger partial charge in [0.1, 0.15) is 12.3 Å². The maximum absolute atomic E-state index is 12.5. The number of thioether (sulfide) groups is 1. The summed E-state index contributed by atoms with van der Waals surface area (Å²) >= 11 is 0.831. The Kier molecular flexibility index (Phi) is 5.61. The molecule has 0 spiro atoms. The van der Waals surface area contributed by atoms with Gasteiger partial charge in [0, 0.05) is 0 Å². The smallest absolute Gasteiger partial charge is 0.294 e. The van der Waals surface area contributed by atoms with E-state index in [1.807, 2.05) is 31.2 Å². The fourth-order valence-electron chi connectivity index (χ4n) is 2.53. The van der Waals surface area contributed by atoms with Crippen LogP contribution in [0.25, 0.3) is 6.08 Å². The van der Waals surface area contributed by atoms with E-state index in [0.717, 1.165) is 27.8 Å². The predicted octanol–water partition coefficient (Wildman–Crippen LogP) is 3.68. The molecular weight excluding hydrogens is 364 g/mol. The Morgan fingerprint density at radius 3 is 2.56 bits per heavy atom. The van der Waals surface area contributed by atoms with Gasteiger partial charge in [-0.1, -0.05) is 42.0 Å². The molecule has 0 aromatic heterocycles. The highest BCUT2D eigenvalue weighted by atomic mass is 32.2. The zero-order valence-corrected chi connectivity index (χ0v) is 15.7. The lowest BCUT2D eigenvalue weighted by atomic mass is 10.1. The molecule has 1 aliphatic rings. The molecule has 3 amide bonds. The average Bonchev–Trinajstić information content (AvgIpc) is 2.91. The number of nitrogens with one attached hydrogen (secondary N) is 1. The van der Waals surface area contributed by atoms with Gasteiger partial charge in [0.05, 0.1) is 17.7 Å². The predicted molar refractivity (Wildman–Crippen MR) is 105 cm³/mol. The van der Waals surface area contributed by atoms with Crippen LogP contribution in [0.5, 0.6) is 5.75 Å². The fraction of sp³-hybridized carbons (Fsp3) is 0.150. The Balaban J connectivity index is 1.70. The van der Waals surface area contributed by atoms with Crippen LogP contribution in [0.4, 0.5) is 10.5 Å². The van der Waals surface area contributed by atoms with Gasteiger partial charge in [-0.2, -0.15) is 0 Å². The third-order valence-corrected chi connectivity index (χ3v) is 4.84. The third-order valence-electron chi connectivity index (χ3n) is 3.93. The number of para-hydroxylation sites is 2. The third kappa shape index (κ3) is 4.38. The number of aryl methyl sites for hydroxylation is 1. The Hall–Kier alpha value is -3.06. The molecule has 1 saturated heterocycles. The summed E-state index contributed by atoms with van der Waals surface area (Å²) in [5.41, 5.74) is 2.41. The first-order valence-electron chi connectivity index (χ1n) is 8.23. The van der Waals surface area contributed by atoms with E-state index in [2.05, 4.69) is 5.32 Å². The van der Waals surface area contributed by atoms with E-state index in [4.69, 9.17) is 4.74 Å². The molecule has 1 N–H and O–H groups in total. The number of hydrogen-bond acceptors (Lipinski definition) is 5. The van der Waals surface area contributed by atoms with Crippen molar-refractivity contribution in [2.75, 3.05) is 19.0 Å². The summed E-state index contributed by atoms with van der Waals surface area (Å²) in [6, 6.07) is 14.5. The number of carbonyl (C=O) groups excluding carboxylic acids is 3. The van der Waals surface area contributed by atoms with Gasteiger partial charge >= 0.3 is 0 Å². The summed E-state index contributed by atoms with van der Waals surface area (Å²) in [6.07, 6.45) is 1.66. The first kappa shape index (κ1) is 18.7. The Labute approximate surface area is 161 Å². The second kappa shape index (κ2) is 8.09. The van der Waals surface area contributed by atoms with Crippen LogP contribution in [0.15, 0.2) is 53.4 Å². The van der Waals surface area contributed by atoms with Gasteiger partial charge in [-0.25, -0.2) is 0 Å². The van der Waals surface area contributed by atoms with E-state index in [9.17, 15) is 14.4 Å². The van der Waals surface area contributed by atoms with Gasteiger partial charge in [0.15, 0.2) is 0 Å². The molecule has 0 aliphatic carbocycles. The van der Waals surface area contributed by atoms with Crippen molar-refractivity contribution in [1.82, 2.24) is 4.90 Å². The van der Waals surface area contributed by atoms with Gasteiger partial charge in [-0.05, 0) is 42.5 Å².